The first-order chi connectivity index (χ1) is 8.30. The van der Waals surface area contributed by atoms with E-state index in [0.717, 1.165) is 12.1 Å². The van der Waals surface area contributed by atoms with E-state index in [9.17, 15) is 23.3 Å². The molecule has 0 spiro atoms. The van der Waals surface area contributed by atoms with Gasteiger partial charge in [0.1, 0.15) is 0 Å². The van der Waals surface area contributed by atoms with E-state index in [4.69, 9.17) is 0 Å². The van der Waals surface area contributed by atoms with E-state index in [1.807, 2.05) is 27.7 Å². The molecule has 0 radical (unpaired) electrons. The van der Waals surface area contributed by atoms with Gasteiger partial charge < -0.3 is 0 Å². The average Bonchev–Trinajstić information content (AvgIpc) is 2.32. The van der Waals surface area contributed by atoms with Crippen molar-refractivity contribution >= 4 is 21.6 Å². The Morgan fingerprint density at radius 2 is 1.56 bits per heavy atom. The summed E-state index contributed by atoms with van der Waals surface area (Å²) in [6, 6.07) is 2.28. The van der Waals surface area contributed by atoms with Crippen LogP contribution >= 0.6 is 15.9 Å². The number of non-ortho nitro benzene ring substituents is 1. The zero-order valence-corrected chi connectivity index (χ0v) is 12.1. The molecule has 0 saturated carbocycles. The van der Waals surface area contributed by atoms with Crippen molar-refractivity contribution in [2.24, 2.45) is 0 Å². The number of nitrogens with zero attached hydrogens (tertiary/aromatic N) is 1. The van der Waals surface area contributed by atoms with Gasteiger partial charge in [0.05, 0.1) is 10.5 Å². The Hall–Kier alpha value is -1.11. The van der Waals surface area contributed by atoms with Crippen LogP contribution in [0.5, 0.6) is 0 Å². The van der Waals surface area contributed by atoms with Crippen molar-refractivity contribution in [1.82, 2.24) is 0 Å². The lowest BCUT2D eigenvalue weighted by atomic mass is 10.2. The number of alkyl halides is 3. The van der Waals surface area contributed by atoms with Gasteiger partial charge in [0.2, 0.25) is 0 Å². The predicted octanol–water partition coefficient (Wildman–Crippen LogP) is 5.43. The van der Waals surface area contributed by atoms with Gasteiger partial charge in [-0.3, -0.25) is 10.1 Å². The number of hydrogen-bond donors (Lipinski definition) is 0. The molecule has 0 N–H and O–H groups in total. The van der Waals surface area contributed by atoms with E-state index in [-0.39, 0.29) is 4.47 Å². The topological polar surface area (TPSA) is 43.1 Å². The molecular formula is C11H15BrF3NO2. The maximum atomic E-state index is 12.2. The van der Waals surface area contributed by atoms with E-state index < -0.39 is 22.4 Å². The van der Waals surface area contributed by atoms with Crippen molar-refractivity contribution < 1.29 is 18.1 Å². The summed E-state index contributed by atoms with van der Waals surface area (Å²) in [5, 5.41) is 10.2. The van der Waals surface area contributed by atoms with Crippen molar-refractivity contribution in [3.63, 3.8) is 0 Å². The molecule has 0 bridgehead atoms. The first-order valence-corrected chi connectivity index (χ1v) is 6.12. The molecule has 0 aromatic heterocycles. The zero-order valence-electron chi connectivity index (χ0n) is 10.5. The van der Waals surface area contributed by atoms with Gasteiger partial charge in [-0.25, -0.2) is 0 Å². The molecule has 0 aliphatic carbocycles. The first-order valence-electron chi connectivity index (χ1n) is 5.33. The summed E-state index contributed by atoms with van der Waals surface area (Å²) < 4.78 is 36.5. The molecule has 0 fully saturated rings. The fourth-order valence-electron chi connectivity index (χ4n) is 0.843. The minimum atomic E-state index is -4.57. The normalized spacial score (nSPS) is 9.56. The van der Waals surface area contributed by atoms with E-state index in [1.165, 1.54) is 0 Å². The molecular weight excluding hydrogens is 315 g/mol. The van der Waals surface area contributed by atoms with Gasteiger partial charge >= 0.3 is 6.18 Å². The Balaban J connectivity index is 0. The lowest BCUT2D eigenvalue weighted by molar-refractivity contribution is -0.385. The zero-order chi connectivity index (χ0) is 14.9. The first kappa shape index (κ1) is 19.2. The number of rotatable bonds is 1. The van der Waals surface area contributed by atoms with Crippen LogP contribution in [0.15, 0.2) is 22.7 Å². The van der Waals surface area contributed by atoms with Crippen LogP contribution in [0.2, 0.25) is 0 Å². The highest BCUT2D eigenvalue weighted by molar-refractivity contribution is 9.10. The SMILES string of the molecule is CC.CC.O=[N+]([O-])c1cc(Br)cc(C(F)(F)F)c1. The summed E-state index contributed by atoms with van der Waals surface area (Å²) in [6.07, 6.45) is -4.57. The third kappa shape index (κ3) is 6.58. The molecule has 0 aliphatic rings. The number of halogens is 4. The van der Waals surface area contributed by atoms with Gasteiger partial charge in [-0.2, -0.15) is 13.2 Å². The van der Waals surface area contributed by atoms with E-state index in [2.05, 4.69) is 15.9 Å². The van der Waals surface area contributed by atoms with E-state index in [1.54, 1.807) is 0 Å². The summed E-state index contributed by atoms with van der Waals surface area (Å²) in [5.41, 5.74) is -1.63. The predicted molar refractivity (Wildman–Crippen MR) is 68.5 cm³/mol. The molecule has 1 aromatic carbocycles. The van der Waals surface area contributed by atoms with Crippen molar-refractivity contribution in [3.8, 4) is 0 Å². The van der Waals surface area contributed by atoms with Crippen LogP contribution in [-0.4, -0.2) is 4.92 Å². The Morgan fingerprint density at radius 3 is 1.89 bits per heavy atom. The summed E-state index contributed by atoms with van der Waals surface area (Å²) in [7, 11) is 0. The highest BCUT2D eigenvalue weighted by Crippen LogP contribution is 2.33. The Bertz CT molecular complexity index is 381. The number of benzene rings is 1. The minimum Gasteiger partial charge on any atom is -0.258 e. The van der Waals surface area contributed by atoms with Crippen LogP contribution in [0.25, 0.3) is 0 Å². The maximum absolute atomic E-state index is 12.2. The molecule has 18 heavy (non-hydrogen) atoms. The van der Waals surface area contributed by atoms with Gasteiger partial charge in [0.15, 0.2) is 0 Å². The van der Waals surface area contributed by atoms with E-state index >= 15 is 0 Å². The summed E-state index contributed by atoms with van der Waals surface area (Å²) in [4.78, 5) is 9.37. The molecule has 7 heteroatoms. The summed E-state index contributed by atoms with van der Waals surface area (Å²) >= 11 is 2.77. The van der Waals surface area contributed by atoms with Gasteiger partial charge in [-0.05, 0) is 6.07 Å². The lowest BCUT2D eigenvalue weighted by Gasteiger charge is -2.06. The van der Waals surface area contributed by atoms with Gasteiger partial charge in [0.25, 0.3) is 5.69 Å². The number of hydrogen-bond acceptors (Lipinski definition) is 2. The molecule has 0 atom stereocenters. The molecule has 0 unspecified atom stereocenters. The monoisotopic (exact) mass is 329 g/mol. The highest BCUT2D eigenvalue weighted by atomic mass is 79.9. The smallest absolute Gasteiger partial charge is 0.258 e. The second-order valence-electron chi connectivity index (χ2n) is 2.45. The molecule has 104 valence electrons. The third-order valence-corrected chi connectivity index (χ3v) is 1.88. The second kappa shape index (κ2) is 8.91. The largest absolute Gasteiger partial charge is 0.416 e. The molecule has 1 aromatic rings. The highest BCUT2D eigenvalue weighted by Gasteiger charge is 2.32. The Morgan fingerprint density at radius 1 is 1.11 bits per heavy atom. The molecule has 0 amide bonds. The number of nitro benzene ring substituents is 1. The molecule has 0 aliphatic heterocycles. The average molecular weight is 330 g/mol. The Kier molecular flexibility index (Phi) is 9.52. The van der Waals surface area contributed by atoms with Crippen molar-refractivity contribution in [3.05, 3.63) is 38.3 Å². The van der Waals surface area contributed by atoms with Crippen molar-refractivity contribution in [2.75, 3.05) is 0 Å². The van der Waals surface area contributed by atoms with Crippen LogP contribution in [0.1, 0.15) is 33.3 Å². The fourth-order valence-corrected chi connectivity index (χ4v) is 1.32. The van der Waals surface area contributed by atoms with Crippen LogP contribution in [0.3, 0.4) is 0 Å². The van der Waals surface area contributed by atoms with Gasteiger partial charge in [-0.1, -0.05) is 43.6 Å². The van der Waals surface area contributed by atoms with Crippen LogP contribution < -0.4 is 0 Å². The van der Waals surface area contributed by atoms with Gasteiger partial charge in [-0.15, -0.1) is 0 Å². The molecule has 1 rings (SSSR count). The molecule has 0 heterocycles. The fraction of sp³-hybridized carbons (Fsp3) is 0.455. The quantitative estimate of drug-likeness (QED) is 0.509. The maximum Gasteiger partial charge on any atom is 0.416 e. The summed E-state index contributed by atoms with van der Waals surface area (Å²) in [5.74, 6) is 0. The van der Waals surface area contributed by atoms with Crippen LogP contribution in [-0.2, 0) is 6.18 Å². The van der Waals surface area contributed by atoms with Crippen LogP contribution in [0.4, 0.5) is 18.9 Å². The minimum absolute atomic E-state index is 0.0269. The van der Waals surface area contributed by atoms with Crippen molar-refractivity contribution in [1.29, 1.82) is 0 Å². The lowest BCUT2D eigenvalue weighted by Crippen LogP contribution is -2.05. The molecule has 3 nitrogen and oxygen atoms in total. The second-order valence-corrected chi connectivity index (χ2v) is 3.37. The van der Waals surface area contributed by atoms with Gasteiger partial charge in [0, 0.05) is 16.6 Å². The van der Waals surface area contributed by atoms with Crippen LogP contribution in [0, 0.1) is 10.1 Å². The standard InChI is InChI=1S/C7H3BrF3NO2.2C2H6/c8-5-1-4(7(9,10)11)2-6(3-5)12(13)14;2*1-2/h1-3H;2*1-2H3. The third-order valence-electron chi connectivity index (χ3n) is 1.42. The number of nitro groups is 1. The molecule has 0 saturated heterocycles. The van der Waals surface area contributed by atoms with E-state index in [0.29, 0.717) is 6.07 Å². The van der Waals surface area contributed by atoms with Crippen molar-refractivity contribution in [2.45, 2.75) is 33.9 Å². The summed E-state index contributed by atoms with van der Waals surface area (Å²) in [6.45, 7) is 8.00. The Labute approximate surface area is 112 Å².